The molecule has 306 valence electrons. The SMILES string of the molecule is c1ccc(-c2cccc(N(c3ccc4c(c3)oc3ccccc34)c3ccc4c(c3)oc3cc(N(c5ccccc5)c5ccc6c(c5)c5ccccc5n6-c5ccccc5)ccc34)c2)cc1. The van der Waals surface area contributed by atoms with Crippen LogP contribution in [0.3, 0.4) is 0 Å². The van der Waals surface area contributed by atoms with Crippen LogP contribution in [-0.2, 0) is 0 Å². The summed E-state index contributed by atoms with van der Waals surface area (Å²) < 4.78 is 15.7. The van der Waals surface area contributed by atoms with Gasteiger partial charge in [-0.05, 0) is 114 Å². The molecule has 3 aromatic heterocycles. The smallest absolute Gasteiger partial charge is 0.137 e. The minimum Gasteiger partial charge on any atom is -0.456 e. The van der Waals surface area contributed by atoms with E-state index in [-0.39, 0.29) is 0 Å². The zero-order valence-electron chi connectivity index (χ0n) is 35.2. The Kier molecular flexibility index (Phi) is 8.46. The molecule has 0 saturated carbocycles. The van der Waals surface area contributed by atoms with Gasteiger partial charge in [0.05, 0.1) is 11.0 Å². The number of anilines is 6. The van der Waals surface area contributed by atoms with Gasteiger partial charge in [0.15, 0.2) is 0 Å². The first-order valence-electron chi connectivity index (χ1n) is 22.0. The second-order valence-electron chi connectivity index (χ2n) is 16.6. The lowest BCUT2D eigenvalue weighted by atomic mass is 10.0. The van der Waals surface area contributed by atoms with Crippen molar-refractivity contribution in [2.45, 2.75) is 0 Å². The average Bonchev–Trinajstić information content (AvgIpc) is 4.04. The molecule has 13 rings (SSSR count). The predicted octanol–water partition coefficient (Wildman–Crippen LogP) is 17.2. The van der Waals surface area contributed by atoms with Gasteiger partial charge in [0.25, 0.3) is 0 Å². The normalized spacial score (nSPS) is 11.7. The maximum absolute atomic E-state index is 6.89. The summed E-state index contributed by atoms with van der Waals surface area (Å²) in [5.74, 6) is 0. The molecule has 0 aliphatic carbocycles. The average molecular weight is 834 g/mol. The summed E-state index contributed by atoms with van der Waals surface area (Å²) in [4.78, 5) is 4.61. The van der Waals surface area contributed by atoms with E-state index >= 15 is 0 Å². The molecule has 65 heavy (non-hydrogen) atoms. The van der Waals surface area contributed by atoms with Gasteiger partial charge in [0, 0.05) is 90.3 Å². The number of rotatable bonds is 8. The number of nitrogens with zero attached hydrogens (tertiary/aromatic N) is 3. The number of para-hydroxylation sites is 4. The lowest BCUT2D eigenvalue weighted by molar-refractivity contribution is 0.669. The summed E-state index contributed by atoms with van der Waals surface area (Å²) in [6.07, 6.45) is 0. The number of benzene rings is 10. The molecule has 0 radical (unpaired) electrons. The maximum Gasteiger partial charge on any atom is 0.137 e. The van der Waals surface area contributed by atoms with Gasteiger partial charge in [0.1, 0.15) is 22.3 Å². The van der Waals surface area contributed by atoms with Crippen LogP contribution >= 0.6 is 0 Å². The van der Waals surface area contributed by atoms with Crippen molar-refractivity contribution in [1.29, 1.82) is 0 Å². The fourth-order valence-corrected chi connectivity index (χ4v) is 9.77. The molecular weight excluding hydrogens is 795 g/mol. The summed E-state index contributed by atoms with van der Waals surface area (Å²) in [7, 11) is 0. The molecule has 0 aliphatic heterocycles. The molecule has 0 amide bonds. The van der Waals surface area contributed by atoms with Gasteiger partial charge in [-0.1, -0.05) is 115 Å². The Hall–Kier alpha value is -8.80. The highest BCUT2D eigenvalue weighted by Gasteiger charge is 2.21. The standard InChI is InChI=1S/C60H39N3O2/c1-4-15-40(16-5-1)41-17-14-22-44(35-41)62(47-28-31-51-50-24-11-13-26-57(50)64-58(51)38-47)48-29-33-53-52-32-27-46(37-59(52)65-60(53)39-48)61(42-18-6-2-7-19-42)45-30-34-56-54(36-45)49-23-10-12-25-55(49)63(56)43-20-8-3-9-21-43/h1-39H. The van der Waals surface area contributed by atoms with Gasteiger partial charge in [-0.25, -0.2) is 0 Å². The molecule has 0 bridgehead atoms. The first kappa shape index (κ1) is 36.8. The summed E-state index contributed by atoms with van der Waals surface area (Å²) in [6.45, 7) is 0. The highest BCUT2D eigenvalue weighted by molar-refractivity contribution is 6.12. The van der Waals surface area contributed by atoms with Gasteiger partial charge < -0.3 is 23.2 Å². The molecule has 5 heteroatoms. The number of fused-ring (bicyclic) bond motifs is 9. The van der Waals surface area contributed by atoms with Crippen molar-refractivity contribution in [1.82, 2.24) is 4.57 Å². The first-order valence-corrected chi connectivity index (χ1v) is 22.0. The highest BCUT2D eigenvalue weighted by atomic mass is 16.3. The second kappa shape index (κ2) is 14.9. The molecule has 0 saturated heterocycles. The van der Waals surface area contributed by atoms with Gasteiger partial charge in [0.2, 0.25) is 0 Å². The quantitative estimate of drug-likeness (QED) is 0.153. The number of hydrogen-bond donors (Lipinski definition) is 0. The topological polar surface area (TPSA) is 37.7 Å². The number of furan rings is 2. The molecule has 0 unspecified atom stereocenters. The molecular formula is C60H39N3O2. The minimum atomic E-state index is 0.810. The van der Waals surface area contributed by atoms with Crippen molar-refractivity contribution in [3.63, 3.8) is 0 Å². The van der Waals surface area contributed by atoms with E-state index in [1.807, 2.05) is 12.1 Å². The van der Waals surface area contributed by atoms with E-state index < -0.39 is 0 Å². The van der Waals surface area contributed by atoms with Crippen LogP contribution in [-0.4, -0.2) is 4.57 Å². The van der Waals surface area contributed by atoms with E-state index in [1.165, 1.54) is 16.3 Å². The van der Waals surface area contributed by atoms with Crippen molar-refractivity contribution >= 4 is 99.8 Å². The zero-order valence-corrected chi connectivity index (χ0v) is 35.2. The molecule has 10 aromatic carbocycles. The van der Waals surface area contributed by atoms with Gasteiger partial charge in [-0.3, -0.25) is 0 Å². The van der Waals surface area contributed by atoms with Crippen molar-refractivity contribution in [3.8, 4) is 16.8 Å². The third kappa shape index (κ3) is 6.16. The van der Waals surface area contributed by atoms with Crippen molar-refractivity contribution in [2.24, 2.45) is 0 Å². The maximum atomic E-state index is 6.89. The van der Waals surface area contributed by atoms with E-state index in [1.54, 1.807) is 0 Å². The van der Waals surface area contributed by atoms with Crippen LogP contribution in [0.1, 0.15) is 0 Å². The molecule has 0 fully saturated rings. The van der Waals surface area contributed by atoms with Crippen molar-refractivity contribution < 1.29 is 8.83 Å². The van der Waals surface area contributed by atoms with Crippen LogP contribution < -0.4 is 9.80 Å². The van der Waals surface area contributed by atoms with E-state index in [0.29, 0.717) is 0 Å². The van der Waals surface area contributed by atoms with Gasteiger partial charge in [-0.2, -0.15) is 0 Å². The van der Waals surface area contributed by atoms with Crippen LogP contribution in [0.4, 0.5) is 34.1 Å². The van der Waals surface area contributed by atoms with E-state index in [0.717, 1.165) is 100 Å². The Bertz CT molecular complexity index is 3900. The lowest BCUT2D eigenvalue weighted by Crippen LogP contribution is -2.10. The Balaban J connectivity index is 0.944. The van der Waals surface area contributed by atoms with Crippen molar-refractivity contribution in [2.75, 3.05) is 9.80 Å². The molecule has 0 atom stereocenters. The zero-order chi connectivity index (χ0) is 42.8. The monoisotopic (exact) mass is 833 g/mol. The van der Waals surface area contributed by atoms with Gasteiger partial charge >= 0.3 is 0 Å². The Labute approximate surface area is 374 Å². The summed E-state index contributed by atoms with van der Waals surface area (Å²) in [5, 5.41) is 6.72. The number of hydrogen-bond acceptors (Lipinski definition) is 4. The van der Waals surface area contributed by atoms with E-state index in [9.17, 15) is 0 Å². The fraction of sp³-hybridized carbons (Fsp3) is 0. The van der Waals surface area contributed by atoms with E-state index in [2.05, 4.69) is 239 Å². The first-order chi connectivity index (χ1) is 32.2. The molecule has 3 heterocycles. The van der Waals surface area contributed by atoms with Crippen LogP contribution in [0.25, 0.3) is 82.5 Å². The third-order valence-corrected chi connectivity index (χ3v) is 12.7. The number of aromatic nitrogens is 1. The molecule has 13 aromatic rings. The summed E-state index contributed by atoms with van der Waals surface area (Å²) in [6, 6.07) is 83.7. The minimum absolute atomic E-state index is 0.810. The molecule has 0 N–H and O–H groups in total. The second-order valence-corrected chi connectivity index (χ2v) is 16.6. The Morgan fingerprint density at radius 1 is 0.262 bits per heavy atom. The highest BCUT2D eigenvalue weighted by Crippen LogP contribution is 2.44. The molecule has 5 nitrogen and oxygen atoms in total. The largest absolute Gasteiger partial charge is 0.456 e. The van der Waals surface area contributed by atoms with Gasteiger partial charge in [-0.15, -0.1) is 0 Å². The Morgan fingerprint density at radius 3 is 1.38 bits per heavy atom. The van der Waals surface area contributed by atoms with Crippen LogP contribution in [0.15, 0.2) is 245 Å². The molecule has 0 spiro atoms. The van der Waals surface area contributed by atoms with Crippen LogP contribution in [0.5, 0.6) is 0 Å². The van der Waals surface area contributed by atoms with Crippen LogP contribution in [0.2, 0.25) is 0 Å². The summed E-state index contributed by atoms with van der Waals surface area (Å²) >= 11 is 0. The summed E-state index contributed by atoms with van der Waals surface area (Å²) in [5.41, 5.74) is 15.3. The predicted molar refractivity (Wildman–Crippen MR) is 270 cm³/mol. The van der Waals surface area contributed by atoms with Crippen LogP contribution in [0, 0.1) is 0 Å². The fourth-order valence-electron chi connectivity index (χ4n) is 9.77. The Morgan fingerprint density at radius 2 is 0.708 bits per heavy atom. The lowest BCUT2D eigenvalue weighted by Gasteiger charge is -2.26. The van der Waals surface area contributed by atoms with E-state index in [4.69, 9.17) is 8.83 Å². The third-order valence-electron chi connectivity index (χ3n) is 12.7. The van der Waals surface area contributed by atoms with Crippen molar-refractivity contribution in [3.05, 3.63) is 237 Å². The molecule has 0 aliphatic rings.